The number of hydrogen-bond acceptors (Lipinski definition) is 4. The first kappa shape index (κ1) is 19.7. The van der Waals surface area contributed by atoms with Gasteiger partial charge in [-0.25, -0.2) is 0 Å². The second-order valence-electron chi connectivity index (χ2n) is 6.00. The lowest BCUT2D eigenvalue weighted by molar-refractivity contribution is -0.136. The average molecular weight is 363 g/mol. The van der Waals surface area contributed by atoms with E-state index in [9.17, 15) is 14.9 Å². The van der Waals surface area contributed by atoms with Gasteiger partial charge in [0.2, 0.25) is 0 Å². The van der Waals surface area contributed by atoms with Gasteiger partial charge in [0, 0.05) is 17.6 Å². The molecule has 0 fully saturated rings. The van der Waals surface area contributed by atoms with Crippen molar-refractivity contribution in [2.75, 3.05) is 10.6 Å². The van der Waals surface area contributed by atoms with E-state index in [4.69, 9.17) is 5.11 Å². The molecule has 0 bridgehead atoms. The van der Waals surface area contributed by atoms with E-state index in [1.165, 1.54) is 6.20 Å². The summed E-state index contributed by atoms with van der Waals surface area (Å²) in [5.74, 6) is -1.39. The van der Waals surface area contributed by atoms with Gasteiger partial charge in [-0.2, -0.15) is 5.26 Å². The van der Waals surface area contributed by atoms with Crippen LogP contribution in [0.2, 0.25) is 0 Å². The first-order chi connectivity index (χ1) is 12.9. The van der Waals surface area contributed by atoms with E-state index >= 15 is 0 Å². The number of nitriles is 1. The number of aliphatic carboxylic acids is 1. The first-order valence-electron chi connectivity index (χ1n) is 8.52. The summed E-state index contributed by atoms with van der Waals surface area (Å²) in [6.07, 6.45) is 2.05. The number of carboxylic acids is 1. The molecule has 3 N–H and O–H groups in total. The zero-order valence-corrected chi connectivity index (χ0v) is 15.2. The van der Waals surface area contributed by atoms with Crippen LogP contribution in [0.25, 0.3) is 0 Å². The Kier molecular flexibility index (Phi) is 6.73. The van der Waals surface area contributed by atoms with Crippen molar-refractivity contribution in [3.05, 3.63) is 70.9 Å². The highest BCUT2D eigenvalue weighted by atomic mass is 16.4. The van der Waals surface area contributed by atoms with Crippen LogP contribution in [-0.2, 0) is 22.4 Å². The van der Waals surface area contributed by atoms with Crippen molar-refractivity contribution in [3.63, 3.8) is 0 Å². The van der Waals surface area contributed by atoms with Crippen molar-refractivity contribution >= 4 is 23.3 Å². The van der Waals surface area contributed by atoms with Crippen LogP contribution in [0, 0.1) is 18.3 Å². The summed E-state index contributed by atoms with van der Waals surface area (Å²) in [6, 6.07) is 14.4. The predicted octanol–water partition coefficient (Wildman–Crippen LogP) is 3.64. The highest BCUT2D eigenvalue weighted by Crippen LogP contribution is 2.21. The zero-order chi connectivity index (χ0) is 19.8. The lowest BCUT2D eigenvalue weighted by Gasteiger charge is -2.12. The van der Waals surface area contributed by atoms with Crippen LogP contribution in [0.3, 0.4) is 0 Å². The molecule has 0 aromatic heterocycles. The second-order valence-corrected chi connectivity index (χ2v) is 6.00. The van der Waals surface area contributed by atoms with E-state index < -0.39 is 11.9 Å². The van der Waals surface area contributed by atoms with Crippen LogP contribution < -0.4 is 10.6 Å². The molecule has 27 heavy (non-hydrogen) atoms. The summed E-state index contributed by atoms with van der Waals surface area (Å²) in [5.41, 5.74) is 3.92. The lowest BCUT2D eigenvalue weighted by Crippen LogP contribution is -2.16. The van der Waals surface area contributed by atoms with E-state index in [-0.39, 0.29) is 12.0 Å². The number of rotatable bonds is 7. The van der Waals surface area contributed by atoms with Crippen molar-refractivity contribution in [1.29, 1.82) is 5.26 Å². The predicted molar refractivity (Wildman–Crippen MR) is 104 cm³/mol. The Bertz CT molecular complexity index is 909. The molecular weight excluding hydrogens is 342 g/mol. The molecule has 138 valence electrons. The molecule has 0 aliphatic rings. The third-order valence-corrected chi connectivity index (χ3v) is 4.04. The molecule has 0 aliphatic heterocycles. The molecule has 1 amide bonds. The molecule has 0 saturated heterocycles. The molecule has 0 spiro atoms. The molecule has 0 atom stereocenters. The molecule has 2 rings (SSSR count). The monoisotopic (exact) mass is 363 g/mol. The number of carbonyl (C=O) groups excluding carboxylic acids is 1. The highest BCUT2D eigenvalue weighted by molar-refractivity contribution is 6.07. The van der Waals surface area contributed by atoms with E-state index in [0.717, 1.165) is 23.2 Å². The molecule has 6 heteroatoms. The Morgan fingerprint density at radius 3 is 2.48 bits per heavy atom. The number of carboxylic acid groups (broad SMARTS) is 1. The Morgan fingerprint density at radius 1 is 1.19 bits per heavy atom. The number of aryl methyl sites for hydroxylation is 2. The minimum atomic E-state index is -0.901. The fraction of sp³-hybridized carbons (Fsp3) is 0.190. The van der Waals surface area contributed by atoms with Crippen LogP contribution in [-0.4, -0.2) is 17.0 Å². The minimum absolute atomic E-state index is 0.0574. The van der Waals surface area contributed by atoms with E-state index in [1.54, 1.807) is 24.3 Å². The zero-order valence-electron chi connectivity index (χ0n) is 15.2. The fourth-order valence-corrected chi connectivity index (χ4v) is 2.58. The van der Waals surface area contributed by atoms with Gasteiger partial charge in [0.15, 0.2) is 0 Å². The number of carbonyl (C=O) groups is 2. The molecule has 0 unspecified atom stereocenters. The molecule has 2 aromatic carbocycles. The Balaban J connectivity index is 2.11. The van der Waals surface area contributed by atoms with Crippen LogP contribution in [0.15, 0.2) is 54.2 Å². The summed E-state index contributed by atoms with van der Waals surface area (Å²) >= 11 is 0. The van der Waals surface area contributed by atoms with E-state index in [1.807, 2.05) is 38.1 Å². The number of anilines is 2. The summed E-state index contributed by atoms with van der Waals surface area (Å²) in [4.78, 5) is 23.2. The minimum Gasteiger partial charge on any atom is -0.481 e. The topological polar surface area (TPSA) is 102 Å². The summed E-state index contributed by atoms with van der Waals surface area (Å²) in [6.45, 7) is 3.91. The van der Waals surface area contributed by atoms with Gasteiger partial charge in [0.1, 0.15) is 11.6 Å². The third kappa shape index (κ3) is 5.44. The van der Waals surface area contributed by atoms with Crippen molar-refractivity contribution < 1.29 is 14.7 Å². The molecule has 0 heterocycles. The summed E-state index contributed by atoms with van der Waals surface area (Å²) < 4.78 is 0. The summed E-state index contributed by atoms with van der Waals surface area (Å²) in [5, 5.41) is 23.8. The number of nitrogens with zero attached hydrogens (tertiary/aromatic N) is 1. The Morgan fingerprint density at radius 2 is 1.89 bits per heavy atom. The van der Waals surface area contributed by atoms with Crippen LogP contribution in [0.1, 0.15) is 23.6 Å². The Labute approximate surface area is 158 Å². The molecule has 0 saturated carbocycles. The molecule has 2 aromatic rings. The molecule has 0 radical (unpaired) electrons. The normalized spacial score (nSPS) is 10.8. The van der Waals surface area contributed by atoms with Gasteiger partial charge in [0.25, 0.3) is 5.91 Å². The van der Waals surface area contributed by atoms with Gasteiger partial charge in [-0.1, -0.05) is 37.3 Å². The molecule has 0 aliphatic carbocycles. The fourth-order valence-electron chi connectivity index (χ4n) is 2.58. The average Bonchev–Trinajstić information content (AvgIpc) is 2.64. The lowest BCUT2D eigenvalue weighted by atomic mass is 10.1. The summed E-state index contributed by atoms with van der Waals surface area (Å²) in [7, 11) is 0. The Hall–Kier alpha value is -3.59. The van der Waals surface area contributed by atoms with Crippen LogP contribution >= 0.6 is 0 Å². The van der Waals surface area contributed by atoms with Gasteiger partial charge in [0.05, 0.1) is 6.42 Å². The van der Waals surface area contributed by atoms with Gasteiger partial charge in [-0.3, -0.25) is 9.59 Å². The number of amides is 1. The number of benzene rings is 2. The first-order valence-corrected chi connectivity index (χ1v) is 8.52. The maximum absolute atomic E-state index is 12.5. The van der Waals surface area contributed by atoms with Gasteiger partial charge < -0.3 is 15.7 Å². The van der Waals surface area contributed by atoms with Gasteiger partial charge in [-0.15, -0.1) is 0 Å². The van der Waals surface area contributed by atoms with Crippen molar-refractivity contribution in [3.8, 4) is 6.07 Å². The highest BCUT2D eigenvalue weighted by Gasteiger charge is 2.13. The number of para-hydroxylation sites is 1. The smallest absolute Gasteiger partial charge is 0.307 e. The van der Waals surface area contributed by atoms with Gasteiger partial charge >= 0.3 is 5.97 Å². The molecule has 6 nitrogen and oxygen atoms in total. The van der Waals surface area contributed by atoms with Crippen LogP contribution in [0.4, 0.5) is 11.4 Å². The van der Waals surface area contributed by atoms with Crippen molar-refractivity contribution in [2.45, 2.75) is 26.7 Å². The van der Waals surface area contributed by atoms with Gasteiger partial charge in [-0.05, 0) is 42.2 Å². The van der Waals surface area contributed by atoms with E-state index in [2.05, 4.69) is 10.6 Å². The van der Waals surface area contributed by atoms with E-state index in [0.29, 0.717) is 11.3 Å². The second kappa shape index (κ2) is 9.20. The number of hydrogen-bond donors (Lipinski definition) is 3. The number of nitrogens with one attached hydrogen (secondary N) is 2. The quantitative estimate of drug-likeness (QED) is 0.515. The maximum atomic E-state index is 12.5. The van der Waals surface area contributed by atoms with Crippen molar-refractivity contribution in [1.82, 2.24) is 0 Å². The van der Waals surface area contributed by atoms with Crippen LogP contribution in [0.5, 0.6) is 0 Å². The SMILES string of the molecule is CCc1cccc(C)c1NC(=O)/C(C#N)=C\Nc1ccc(CC(=O)O)cc1. The maximum Gasteiger partial charge on any atom is 0.307 e. The standard InChI is InChI=1S/C21H21N3O3/c1-3-16-6-4-5-14(2)20(16)24-21(27)17(12-22)13-23-18-9-7-15(8-10-18)11-19(25)26/h4-10,13,23H,3,11H2,1-2H3,(H,24,27)(H,25,26)/b17-13-. The van der Waals surface area contributed by atoms with Crippen molar-refractivity contribution in [2.24, 2.45) is 0 Å². The molecular formula is C21H21N3O3. The largest absolute Gasteiger partial charge is 0.481 e. The third-order valence-electron chi connectivity index (χ3n) is 4.04.